The second-order valence-electron chi connectivity index (χ2n) is 7.33. The first-order valence-corrected chi connectivity index (χ1v) is 12.5. The van der Waals surface area contributed by atoms with Crippen LogP contribution in [0.3, 0.4) is 0 Å². The van der Waals surface area contributed by atoms with Crippen molar-refractivity contribution in [2.75, 3.05) is 60.6 Å². The van der Waals surface area contributed by atoms with E-state index >= 15 is 0 Å². The Bertz CT molecular complexity index is 989. The predicted molar refractivity (Wildman–Crippen MR) is 126 cm³/mol. The van der Waals surface area contributed by atoms with Crippen molar-refractivity contribution in [3.63, 3.8) is 0 Å². The van der Waals surface area contributed by atoms with Gasteiger partial charge in [-0.3, -0.25) is 0 Å². The number of anilines is 2. The zero-order valence-corrected chi connectivity index (χ0v) is 18.5. The lowest BCUT2D eigenvalue weighted by Gasteiger charge is -2.31. The Morgan fingerprint density at radius 3 is 2.50 bits per heavy atom. The summed E-state index contributed by atoms with van der Waals surface area (Å²) >= 11 is 3.72. The predicted octanol–water partition coefficient (Wildman–Crippen LogP) is 2.67. The maximum Gasteiger partial charge on any atom is 0.228 e. The Morgan fingerprint density at radius 1 is 0.900 bits per heavy atom. The van der Waals surface area contributed by atoms with Gasteiger partial charge in [0.15, 0.2) is 5.82 Å². The van der Waals surface area contributed by atoms with Crippen LogP contribution in [0.25, 0.3) is 11.0 Å². The van der Waals surface area contributed by atoms with Crippen LogP contribution in [0.4, 0.5) is 11.8 Å². The van der Waals surface area contributed by atoms with Crippen molar-refractivity contribution in [3.8, 4) is 0 Å². The van der Waals surface area contributed by atoms with Crippen molar-refractivity contribution in [1.29, 1.82) is 0 Å². The van der Waals surface area contributed by atoms with E-state index in [0.717, 1.165) is 84.4 Å². The van der Waals surface area contributed by atoms with E-state index in [2.05, 4.69) is 49.4 Å². The summed E-state index contributed by atoms with van der Waals surface area (Å²) in [4.78, 5) is 23.9. The molecule has 30 heavy (non-hydrogen) atoms. The van der Waals surface area contributed by atoms with Gasteiger partial charge in [-0.1, -0.05) is 42.1 Å². The van der Waals surface area contributed by atoms with Crippen LogP contribution in [0, 0.1) is 0 Å². The van der Waals surface area contributed by atoms with Gasteiger partial charge in [-0.25, -0.2) is 15.0 Å². The van der Waals surface area contributed by atoms with E-state index in [9.17, 15) is 0 Å². The standard InChI is InChI=1S/C21H25N7S2/c1-2-4-16(5-3-1)14-30-20-18-17(23-15-24-20)19(27-10-12-29-13-11-27)26-21(25-18)28-8-6-22-7-9-28/h1-5,15,22H,6-14H2. The van der Waals surface area contributed by atoms with Gasteiger partial charge in [-0.2, -0.15) is 16.7 Å². The highest BCUT2D eigenvalue weighted by molar-refractivity contribution is 7.99. The molecular weight excluding hydrogens is 414 g/mol. The summed E-state index contributed by atoms with van der Waals surface area (Å²) in [6.45, 7) is 5.74. The minimum Gasteiger partial charge on any atom is -0.353 e. The highest BCUT2D eigenvalue weighted by Gasteiger charge is 2.23. The minimum absolute atomic E-state index is 0.800. The number of nitrogens with zero attached hydrogens (tertiary/aromatic N) is 6. The van der Waals surface area contributed by atoms with Gasteiger partial charge in [0.1, 0.15) is 22.4 Å². The topological polar surface area (TPSA) is 70.1 Å². The summed E-state index contributed by atoms with van der Waals surface area (Å²) in [6, 6.07) is 10.5. The van der Waals surface area contributed by atoms with Crippen LogP contribution in [0.15, 0.2) is 41.7 Å². The third kappa shape index (κ3) is 4.33. The average molecular weight is 440 g/mol. The number of aromatic nitrogens is 4. The van der Waals surface area contributed by atoms with Gasteiger partial charge in [0.25, 0.3) is 0 Å². The molecule has 156 valence electrons. The summed E-state index contributed by atoms with van der Waals surface area (Å²) in [5.74, 6) is 4.85. The van der Waals surface area contributed by atoms with Crippen molar-refractivity contribution >= 4 is 46.3 Å². The quantitative estimate of drug-likeness (QED) is 0.477. The molecule has 7 nitrogen and oxygen atoms in total. The van der Waals surface area contributed by atoms with Crippen LogP contribution in [-0.4, -0.2) is 70.7 Å². The molecule has 5 rings (SSSR count). The van der Waals surface area contributed by atoms with Crippen molar-refractivity contribution in [3.05, 3.63) is 42.2 Å². The molecular formula is C21H25N7S2. The van der Waals surface area contributed by atoms with E-state index in [1.807, 2.05) is 17.8 Å². The molecule has 9 heteroatoms. The zero-order chi connectivity index (χ0) is 20.2. The number of hydrogen-bond acceptors (Lipinski definition) is 9. The molecule has 3 aromatic rings. The van der Waals surface area contributed by atoms with Gasteiger partial charge >= 0.3 is 0 Å². The Kier molecular flexibility index (Phi) is 6.19. The lowest BCUT2D eigenvalue weighted by molar-refractivity contribution is 0.580. The maximum absolute atomic E-state index is 5.01. The van der Waals surface area contributed by atoms with Gasteiger partial charge in [0.05, 0.1) is 0 Å². The molecule has 0 spiro atoms. The lowest BCUT2D eigenvalue weighted by atomic mass is 10.2. The first kappa shape index (κ1) is 19.8. The van der Waals surface area contributed by atoms with Gasteiger partial charge in [0, 0.05) is 56.5 Å². The monoisotopic (exact) mass is 439 g/mol. The molecule has 2 aromatic heterocycles. The molecule has 1 N–H and O–H groups in total. The van der Waals surface area contributed by atoms with Crippen LogP contribution in [-0.2, 0) is 5.75 Å². The van der Waals surface area contributed by atoms with E-state index in [-0.39, 0.29) is 0 Å². The molecule has 0 atom stereocenters. The fourth-order valence-corrected chi connectivity index (χ4v) is 5.53. The third-order valence-corrected chi connectivity index (χ3v) is 7.34. The molecule has 4 heterocycles. The SMILES string of the molecule is c1ccc(CSc2ncnc3c(N4CCSCC4)nc(N4CCNCC4)nc23)cc1. The number of benzene rings is 1. The number of thioether (sulfide) groups is 2. The van der Waals surface area contributed by atoms with Crippen molar-refractivity contribution in [2.24, 2.45) is 0 Å². The highest BCUT2D eigenvalue weighted by atomic mass is 32.2. The Morgan fingerprint density at radius 2 is 1.70 bits per heavy atom. The number of hydrogen-bond donors (Lipinski definition) is 1. The summed E-state index contributed by atoms with van der Waals surface area (Å²) in [5, 5.41) is 4.34. The molecule has 0 unspecified atom stereocenters. The Balaban J connectivity index is 1.55. The molecule has 2 aliphatic rings. The Hall–Kier alpha value is -2.10. The van der Waals surface area contributed by atoms with Crippen LogP contribution in [0.1, 0.15) is 5.56 Å². The van der Waals surface area contributed by atoms with Crippen molar-refractivity contribution < 1.29 is 0 Å². The number of rotatable bonds is 5. The normalized spacial score (nSPS) is 17.5. The molecule has 0 amide bonds. The summed E-state index contributed by atoms with van der Waals surface area (Å²) < 4.78 is 0. The van der Waals surface area contributed by atoms with E-state index in [1.165, 1.54) is 5.56 Å². The molecule has 2 aliphatic heterocycles. The molecule has 0 saturated carbocycles. The van der Waals surface area contributed by atoms with Crippen LogP contribution >= 0.6 is 23.5 Å². The number of piperazine rings is 1. The van der Waals surface area contributed by atoms with Crippen molar-refractivity contribution in [2.45, 2.75) is 10.8 Å². The fraction of sp³-hybridized carbons (Fsp3) is 0.429. The van der Waals surface area contributed by atoms with Gasteiger partial charge in [-0.15, -0.1) is 0 Å². The summed E-state index contributed by atoms with van der Waals surface area (Å²) in [6.07, 6.45) is 1.66. The van der Waals surface area contributed by atoms with Crippen LogP contribution < -0.4 is 15.1 Å². The van der Waals surface area contributed by atoms with E-state index in [0.29, 0.717) is 0 Å². The van der Waals surface area contributed by atoms with E-state index < -0.39 is 0 Å². The highest BCUT2D eigenvalue weighted by Crippen LogP contribution is 2.32. The van der Waals surface area contributed by atoms with Crippen LogP contribution in [0.5, 0.6) is 0 Å². The first-order valence-electron chi connectivity index (χ1n) is 10.4. The minimum atomic E-state index is 0.800. The molecule has 1 aromatic carbocycles. The summed E-state index contributed by atoms with van der Waals surface area (Å²) in [5.41, 5.74) is 3.01. The van der Waals surface area contributed by atoms with Gasteiger partial charge in [0.2, 0.25) is 5.95 Å². The molecule has 2 saturated heterocycles. The summed E-state index contributed by atoms with van der Waals surface area (Å²) in [7, 11) is 0. The molecule has 2 fully saturated rings. The smallest absolute Gasteiger partial charge is 0.228 e. The number of nitrogens with one attached hydrogen (secondary N) is 1. The van der Waals surface area contributed by atoms with Gasteiger partial charge < -0.3 is 15.1 Å². The van der Waals surface area contributed by atoms with Gasteiger partial charge in [-0.05, 0) is 5.56 Å². The molecule has 0 aliphatic carbocycles. The average Bonchev–Trinajstić information content (AvgIpc) is 2.84. The van der Waals surface area contributed by atoms with E-state index in [1.54, 1.807) is 18.1 Å². The lowest BCUT2D eigenvalue weighted by Crippen LogP contribution is -2.44. The first-order chi connectivity index (χ1) is 14.9. The number of fused-ring (bicyclic) bond motifs is 1. The zero-order valence-electron chi connectivity index (χ0n) is 16.8. The fourth-order valence-electron chi connectivity index (χ4n) is 3.73. The van der Waals surface area contributed by atoms with E-state index in [4.69, 9.17) is 9.97 Å². The van der Waals surface area contributed by atoms with Crippen LogP contribution in [0.2, 0.25) is 0 Å². The molecule has 0 bridgehead atoms. The largest absolute Gasteiger partial charge is 0.353 e. The van der Waals surface area contributed by atoms with Crippen molar-refractivity contribution in [1.82, 2.24) is 25.3 Å². The third-order valence-electron chi connectivity index (χ3n) is 5.35. The maximum atomic E-state index is 5.01. The second kappa shape index (κ2) is 9.36. The second-order valence-corrected chi connectivity index (χ2v) is 9.52. The Labute approximate surface area is 185 Å². The molecule has 0 radical (unpaired) electrons.